The van der Waals surface area contributed by atoms with Crippen LogP contribution in [0.25, 0.3) is 0 Å². The van der Waals surface area contributed by atoms with Crippen molar-refractivity contribution in [3.8, 4) is 0 Å². The largest absolute Gasteiger partial charge is 0.481 e. The molecule has 2 rings (SSSR count). The van der Waals surface area contributed by atoms with E-state index in [1.54, 1.807) is 11.8 Å². The number of hydrogen-bond donors (Lipinski definition) is 2. The molecule has 0 aliphatic carbocycles. The Morgan fingerprint density at radius 3 is 2.61 bits per heavy atom. The van der Waals surface area contributed by atoms with Crippen molar-refractivity contribution in [3.05, 3.63) is 0 Å². The topological polar surface area (TPSA) is 86.7 Å². The van der Waals surface area contributed by atoms with Gasteiger partial charge < -0.3 is 15.3 Å². The minimum absolute atomic E-state index is 0.0000328. The second-order valence-corrected chi connectivity index (χ2v) is 5.17. The lowest BCUT2D eigenvalue weighted by molar-refractivity contribution is -0.153. The maximum Gasteiger partial charge on any atom is 0.306 e. The molecule has 2 aliphatic heterocycles. The summed E-state index contributed by atoms with van der Waals surface area (Å²) in [4.78, 5) is 35.5. The van der Waals surface area contributed by atoms with Crippen LogP contribution in [-0.4, -0.2) is 47.4 Å². The van der Waals surface area contributed by atoms with Gasteiger partial charge in [0.15, 0.2) is 0 Å². The van der Waals surface area contributed by atoms with Gasteiger partial charge in [-0.1, -0.05) is 6.92 Å². The number of carboxylic acid groups (broad SMARTS) is 1. The predicted molar refractivity (Wildman–Crippen MR) is 62.6 cm³/mol. The van der Waals surface area contributed by atoms with E-state index in [1.807, 2.05) is 0 Å². The summed E-state index contributed by atoms with van der Waals surface area (Å²) >= 11 is 0. The molecule has 2 fully saturated rings. The van der Waals surface area contributed by atoms with Gasteiger partial charge in [0, 0.05) is 32.0 Å². The SMILES string of the molecule is CC(C(=O)O)C1CN(C(=O)C2CCC(=O)NC2)C1. The number of amides is 2. The van der Waals surface area contributed by atoms with Crippen molar-refractivity contribution in [2.75, 3.05) is 19.6 Å². The highest BCUT2D eigenvalue weighted by Crippen LogP contribution is 2.26. The summed E-state index contributed by atoms with van der Waals surface area (Å²) in [5.74, 6) is -1.24. The van der Waals surface area contributed by atoms with Crippen molar-refractivity contribution in [1.29, 1.82) is 0 Å². The van der Waals surface area contributed by atoms with Crippen LogP contribution < -0.4 is 5.32 Å². The Bertz CT molecular complexity index is 366. The molecule has 100 valence electrons. The highest BCUT2D eigenvalue weighted by Gasteiger charge is 2.39. The monoisotopic (exact) mass is 254 g/mol. The molecule has 2 heterocycles. The Morgan fingerprint density at radius 1 is 1.44 bits per heavy atom. The lowest BCUT2D eigenvalue weighted by atomic mass is 9.85. The summed E-state index contributed by atoms with van der Waals surface area (Å²) in [5.41, 5.74) is 0. The molecule has 6 nitrogen and oxygen atoms in total. The van der Waals surface area contributed by atoms with Gasteiger partial charge in [-0.25, -0.2) is 0 Å². The van der Waals surface area contributed by atoms with E-state index in [-0.39, 0.29) is 23.7 Å². The van der Waals surface area contributed by atoms with Gasteiger partial charge in [0.25, 0.3) is 0 Å². The van der Waals surface area contributed by atoms with Gasteiger partial charge in [-0.3, -0.25) is 14.4 Å². The summed E-state index contributed by atoms with van der Waals surface area (Å²) in [6.45, 7) is 3.14. The summed E-state index contributed by atoms with van der Waals surface area (Å²) in [7, 11) is 0. The van der Waals surface area contributed by atoms with Gasteiger partial charge in [-0.2, -0.15) is 0 Å². The zero-order valence-electron chi connectivity index (χ0n) is 10.4. The quantitative estimate of drug-likeness (QED) is 0.723. The molecule has 0 saturated carbocycles. The zero-order valence-corrected chi connectivity index (χ0v) is 10.4. The maximum atomic E-state index is 12.1. The number of rotatable bonds is 3. The Balaban J connectivity index is 1.79. The van der Waals surface area contributed by atoms with Crippen LogP contribution in [0.5, 0.6) is 0 Å². The van der Waals surface area contributed by atoms with Crippen molar-refractivity contribution in [2.45, 2.75) is 19.8 Å². The Labute approximate surface area is 105 Å². The van der Waals surface area contributed by atoms with E-state index in [9.17, 15) is 14.4 Å². The normalized spacial score (nSPS) is 26.2. The minimum Gasteiger partial charge on any atom is -0.481 e. The van der Waals surface area contributed by atoms with Crippen LogP contribution in [0.15, 0.2) is 0 Å². The van der Waals surface area contributed by atoms with E-state index in [1.165, 1.54) is 0 Å². The van der Waals surface area contributed by atoms with E-state index >= 15 is 0 Å². The summed E-state index contributed by atoms with van der Waals surface area (Å²) in [5, 5.41) is 11.6. The number of piperidine rings is 1. The molecule has 0 aromatic heterocycles. The molecule has 2 saturated heterocycles. The fourth-order valence-corrected chi connectivity index (χ4v) is 2.41. The average molecular weight is 254 g/mol. The number of carboxylic acids is 1. The van der Waals surface area contributed by atoms with Crippen LogP contribution in [0.2, 0.25) is 0 Å². The number of hydrogen-bond acceptors (Lipinski definition) is 3. The number of nitrogens with zero attached hydrogens (tertiary/aromatic N) is 1. The first-order valence-electron chi connectivity index (χ1n) is 6.27. The molecule has 2 aliphatic rings. The fraction of sp³-hybridized carbons (Fsp3) is 0.750. The molecular weight excluding hydrogens is 236 g/mol. The third-order valence-corrected chi connectivity index (χ3v) is 3.93. The Kier molecular flexibility index (Phi) is 3.54. The molecule has 0 bridgehead atoms. The van der Waals surface area contributed by atoms with E-state index < -0.39 is 11.9 Å². The number of aliphatic carboxylic acids is 1. The van der Waals surface area contributed by atoms with Crippen LogP contribution in [0.3, 0.4) is 0 Å². The van der Waals surface area contributed by atoms with Crippen molar-refractivity contribution in [2.24, 2.45) is 17.8 Å². The second-order valence-electron chi connectivity index (χ2n) is 5.17. The highest BCUT2D eigenvalue weighted by molar-refractivity contribution is 5.84. The first-order chi connectivity index (χ1) is 8.49. The lowest BCUT2D eigenvalue weighted by Gasteiger charge is -2.43. The summed E-state index contributed by atoms with van der Waals surface area (Å²) in [6, 6.07) is 0. The van der Waals surface area contributed by atoms with Crippen LogP contribution >= 0.6 is 0 Å². The van der Waals surface area contributed by atoms with E-state index in [2.05, 4.69) is 5.32 Å². The molecule has 18 heavy (non-hydrogen) atoms. The molecule has 6 heteroatoms. The molecule has 0 spiro atoms. The van der Waals surface area contributed by atoms with Gasteiger partial charge in [0.1, 0.15) is 0 Å². The molecular formula is C12H18N2O4. The summed E-state index contributed by atoms with van der Waals surface area (Å²) < 4.78 is 0. The Morgan fingerprint density at radius 2 is 2.11 bits per heavy atom. The van der Waals surface area contributed by atoms with Gasteiger partial charge in [0.05, 0.1) is 11.8 Å². The third-order valence-electron chi connectivity index (χ3n) is 3.93. The zero-order chi connectivity index (χ0) is 13.3. The molecule has 2 unspecified atom stereocenters. The standard InChI is InChI=1S/C12H18N2O4/c1-7(12(17)18)9-5-14(6-9)11(16)8-2-3-10(15)13-4-8/h7-9H,2-6H2,1H3,(H,13,15)(H,17,18). The van der Waals surface area contributed by atoms with Crippen molar-refractivity contribution >= 4 is 17.8 Å². The molecule has 2 atom stereocenters. The molecule has 2 N–H and O–H groups in total. The number of carbonyl (C=O) groups is 3. The third kappa shape index (κ3) is 2.47. The van der Waals surface area contributed by atoms with Crippen LogP contribution in [0.4, 0.5) is 0 Å². The maximum absolute atomic E-state index is 12.1. The highest BCUT2D eigenvalue weighted by atomic mass is 16.4. The van der Waals surface area contributed by atoms with Crippen LogP contribution in [-0.2, 0) is 14.4 Å². The summed E-state index contributed by atoms with van der Waals surface area (Å²) in [6.07, 6.45) is 1.000. The van der Waals surface area contributed by atoms with Crippen LogP contribution in [0, 0.1) is 17.8 Å². The molecule has 0 aromatic carbocycles. The smallest absolute Gasteiger partial charge is 0.306 e. The number of likely N-dealkylation sites (tertiary alicyclic amines) is 1. The first-order valence-corrected chi connectivity index (χ1v) is 6.27. The van der Waals surface area contributed by atoms with Gasteiger partial charge in [-0.15, -0.1) is 0 Å². The van der Waals surface area contributed by atoms with E-state index in [0.717, 1.165) is 0 Å². The van der Waals surface area contributed by atoms with Gasteiger partial charge in [-0.05, 0) is 6.42 Å². The van der Waals surface area contributed by atoms with Crippen molar-refractivity contribution in [1.82, 2.24) is 10.2 Å². The van der Waals surface area contributed by atoms with Crippen molar-refractivity contribution in [3.63, 3.8) is 0 Å². The molecule has 2 amide bonds. The van der Waals surface area contributed by atoms with E-state index in [0.29, 0.717) is 32.5 Å². The fourth-order valence-electron chi connectivity index (χ4n) is 2.41. The first kappa shape index (κ1) is 12.9. The van der Waals surface area contributed by atoms with Gasteiger partial charge in [0.2, 0.25) is 11.8 Å². The average Bonchev–Trinajstić information content (AvgIpc) is 2.27. The second kappa shape index (κ2) is 4.96. The predicted octanol–water partition coefficient (Wildman–Crippen LogP) is -0.308. The number of nitrogens with one attached hydrogen (secondary N) is 1. The molecule has 0 aromatic rings. The van der Waals surface area contributed by atoms with Gasteiger partial charge >= 0.3 is 5.97 Å². The number of carbonyl (C=O) groups excluding carboxylic acids is 2. The van der Waals surface area contributed by atoms with E-state index in [4.69, 9.17) is 5.11 Å². The Hall–Kier alpha value is -1.59. The van der Waals surface area contributed by atoms with Crippen LogP contribution in [0.1, 0.15) is 19.8 Å². The lowest BCUT2D eigenvalue weighted by Crippen LogP contribution is -2.56. The van der Waals surface area contributed by atoms with Crippen molar-refractivity contribution < 1.29 is 19.5 Å². The minimum atomic E-state index is -0.808. The molecule has 0 radical (unpaired) electrons.